The Hall–Kier alpha value is -2.32. The second-order valence-electron chi connectivity index (χ2n) is 14.9. The molecule has 1 aromatic rings. The van der Waals surface area contributed by atoms with Crippen LogP contribution in [0.15, 0.2) is 29.2 Å². The van der Waals surface area contributed by atoms with Crippen molar-refractivity contribution in [1.29, 1.82) is 0 Å². The fourth-order valence-electron chi connectivity index (χ4n) is 7.37. The van der Waals surface area contributed by atoms with E-state index in [9.17, 15) is 48.9 Å². The van der Waals surface area contributed by atoms with Crippen molar-refractivity contribution in [2.24, 2.45) is 17.8 Å². The molecule has 0 aliphatic carbocycles. The Morgan fingerprint density at radius 3 is 2.27 bits per heavy atom. The zero-order valence-electron chi connectivity index (χ0n) is 30.9. The minimum atomic E-state index is -4.51. The topological polar surface area (TPSA) is 238 Å². The van der Waals surface area contributed by atoms with Crippen LogP contribution >= 0.6 is 0 Å². The molecule has 6 N–H and O–H groups in total. The molecule has 3 rings (SSSR count). The summed E-state index contributed by atoms with van der Waals surface area (Å²) in [6.07, 6.45) is -8.95. The zero-order valence-corrected chi connectivity index (χ0v) is 31.7. The lowest BCUT2D eigenvalue weighted by molar-refractivity contribution is -0.387. The van der Waals surface area contributed by atoms with E-state index in [2.05, 4.69) is 5.32 Å². The van der Waals surface area contributed by atoms with Crippen LogP contribution in [0.5, 0.6) is 0 Å². The van der Waals surface area contributed by atoms with Gasteiger partial charge in [0, 0.05) is 25.1 Å². The maximum Gasteiger partial charge on any atom is 0.311 e. The van der Waals surface area contributed by atoms with E-state index in [1.54, 1.807) is 27.7 Å². The summed E-state index contributed by atoms with van der Waals surface area (Å²) in [4.78, 5) is 23.7. The largest absolute Gasteiger partial charge is 0.459 e. The number of para-hydroxylation sites is 1. The van der Waals surface area contributed by atoms with Crippen LogP contribution in [0.25, 0.3) is 0 Å². The second-order valence-corrected chi connectivity index (χ2v) is 16.9. The third kappa shape index (κ3) is 9.44. The van der Waals surface area contributed by atoms with E-state index in [0.29, 0.717) is 0 Å². The highest BCUT2D eigenvalue weighted by molar-refractivity contribution is 7.89. The van der Waals surface area contributed by atoms with Crippen molar-refractivity contribution in [3.05, 3.63) is 34.4 Å². The highest BCUT2D eigenvalue weighted by Gasteiger charge is 2.50. The number of cyclic esters (lactones) is 1. The number of rotatable bonds is 7. The molecule has 1 aromatic carbocycles. The Balaban J connectivity index is 2.01. The Kier molecular flexibility index (Phi) is 14.2. The van der Waals surface area contributed by atoms with Gasteiger partial charge >= 0.3 is 5.97 Å². The number of nitro groups is 1. The van der Waals surface area contributed by atoms with Crippen molar-refractivity contribution in [3.8, 4) is 0 Å². The van der Waals surface area contributed by atoms with Gasteiger partial charge in [0.05, 0.1) is 40.8 Å². The van der Waals surface area contributed by atoms with Crippen molar-refractivity contribution in [2.45, 2.75) is 146 Å². The molecule has 2 aliphatic heterocycles. The number of nitrogens with zero attached hydrogens (tertiary/aromatic N) is 2. The monoisotopic (exact) mass is 747 g/mol. The van der Waals surface area contributed by atoms with E-state index in [-0.39, 0.29) is 31.7 Å². The van der Waals surface area contributed by atoms with Crippen LogP contribution in [0.4, 0.5) is 5.69 Å². The van der Waals surface area contributed by atoms with Gasteiger partial charge in [-0.15, -0.1) is 0 Å². The average molecular weight is 748 g/mol. The van der Waals surface area contributed by atoms with Crippen LogP contribution in [0.2, 0.25) is 0 Å². The summed E-state index contributed by atoms with van der Waals surface area (Å²) in [5.41, 5.74) is -4.22. The summed E-state index contributed by atoms with van der Waals surface area (Å²) >= 11 is 0. The fraction of sp³-hybridized carbons (Fsp3) is 0.794. The standard InChI is InChI=1S/C34H57N3O13S/c1-10-26-34(8,43)29(40)22(6)35-17-18(2)16-33(7,42)30(20(4)27(38)21(5)31(41)49-26)50-32-28(39)24(15-19(3)48-32)36(9)51(46,47)25-14-12-11-13-23(25)37(44)45/h11-14,18-22,24,26-30,32,35,38-40,42-43H,10,15-17H2,1-9H3/t18-,19-,20+,21-,22-,24+,26-,27+,28-,29-,30-,32+,33-,34-/m1/s1. The quantitative estimate of drug-likeness (QED) is 0.131. The van der Waals surface area contributed by atoms with Gasteiger partial charge in [-0.05, 0) is 72.4 Å². The van der Waals surface area contributed by atoms with E-state index < -0.39 is 110 Å². The summed E-state index contributed by atoms with van der Waals surface area (Å²) in [5, 5.41) is 72.4. The number of aliphatic hydroxyl groups is 5. The van der Waals surface area contributed by atoms with Gasteiger partial charge in [0.25, 0.3) is 5.69 Å². The van der Waals surface area contributed by atoms with Crippen molar-refractivity contribution in [2.75, 3.05) is 13.6 Å². The van der Waals surface area contributed by atoms with Gasteiger partial charge in [-0.25, -0.2) is 8.42 Å². The molecule has 14 atom stereocenters. The smallest absolute Gasteiger partial charge is 0.311 e. The number of sulfonamides is 1. The fourth-order valence-corrected chi connectivity index (χ4v) is 8.90. The molecule has 0 radical (unpaired) electrons. The first kappa shape index (κ1) is 43.1. The van der Waals surface area contributed by atoms with Gasteiger partial charge in [0.1, 0.15) is 23.9 Å². The number of esters is 1. The summed E-state index contributed by atoms with van der Waals surface area (Å²) in [6.45, 7) is 12.9. The number of aliphatic hydroxyl groups excluding tert-OH is 3. The number of hydrogen-bond donors (Lipinski definition) is 6. The summed E-state index contributed by atoms with van der Waals surface area (Å²) in [7, 11) is -3.32. The van der Waals surface area contributed by atoms with E-state index in [1.165, 1.54) is 40.0 Å². The Bertz CT molecular complexity index is 1460. The first-order valence-corrected chi connectivity index (χ1v) is 18.9. The molecule has 2 fully saturated rings. The predicted octanol–water partition coefficient (Wildman–Crippen LogP) is 1.30. The Morgan fingerprint density at radius 1 is 1.08 bits per heavy atom. The molecule has 2 aliphatic rings. The van der Waals surface area contributed by atoms with Crippen molar-refractivity contribution >= 4 is 21.7 Å². The van der Waals surface area contributed by atoms with Crippen molar-refractivity contribution in [3.63, 3.8) is 0 Å². The lowest BCUT2D eigenvalue weighted by atomic mass is 9.78. The average Bonchev–Trinajstić information content (AvgIpc) is 3.06. The molecule has 0 aromatic heterocycles. The third-order valence-corrected chi connectivity index (χ3v) is 12.4. The number of carbonyl (C=O) groups excluding carboxylic acids is 1. The number of nitrogens with one attached hydrogen (secondary N) is 1. The highest BCUT2D eigenvalue weighted by atomic mass is 32.2. The first-order chi connectivity index (χ1) is 23.5. The number of nitro benzene ring substituents is 1. The molecule has 0 unspecified atom stereocenters. The Morgan fingerprint density at radius 2 is 1.69 bits per heavy atom. The van der Waals surface area contributed by atoms with Crippen LogP contribution in [0.3, 0.4) is 0 Å². The zero-order chi connectivity index (χ0) is 38.8. The maximum absolute atomic E-state index is 13.7. The SMILES string of the molecule is CC[C@H]1OC(=O)[C@H](C)[C@@H](O)[C@H](C)[C@@H](O[C@@H]2O[C@H](C)C[C@H](N(C)S(=O)(=O)c3ccccc3[N+](=O)[O-])[C@H]2O)[C@](C)(O)C[C@@H](C)CN[C@H](C)[C@@H](O)[C@]1(C)O. The highest BCUT2D eigenvalue weighted by Crippen LogP contribution is 2.37. The van der Waals surface area contributed by atoms with Crippen LogP contribution < -0.4 is 5.32 Å². The third-order valence-electron chi connectivity index (χ3n) is 10.5. The van der Waals surface area contributed by atoms with Crippen LogP contribution in [0, 0.1) is 27.9 Å². The summed E-state index contributed by atoms with van der Waals surface area (Å²) in [5.74, 6) is -3.36. The normalized spacial score (nSPS) is 41.0. The molecule has 0 saturated carbocycles. The lowest BCUT2D eigenvalue weighted by Crippen LogP contribution is -2.60. The van der Waals surface area contributed by atoms with E-state index in [1.807, 2.05) is 6.92 Å². The van der Waals surface area contributed by atoms with Gasteiger partial charge in [-0.3, -0.25) is 14.9 Å². The van der Waals surface area contributed by atoms with Gasteiger partial charge in [0.15, 0.2) is 11.2 Å². The van der Waals surface area contributed by atoms with Crippen molar-refractivity contribution in [1.82, 2.24) is 9.62 Å². The van der Waals surface area contributed by atoms with E-state index in [0.717, 1.165) is 16.4 Å². The molecule has 0 bridgehead atoms. The number of benzene rings is 1. The predicted molar refractivity (Wildman–Crippen MR) is 185 cm³/mol. The summed E-state index contributed by atoms with van der Waals surface area (Å²) in [6, 6.07) is 3.04. The molecule has 0 spiro atoms. The van der Waals surface area contributed by atoms with Gasteiger partial charge in [-0.2, -0.15) is 4.31 Å². The first-order valence-electron chi connectivity index (χ1n) is 17.4. The number of carbonyl (C=O) groups is 1. The van der Waals surface area contributed by atoms with Crippen LogP contribution in [0.1, 0.15) is 74.7 Å². The minimum absolute atomic E-state index is 0.00535. The minimum Gasteiger partial charge on any atom is -0.459 e. The lowest BCUT2D eigenvalue weighted by Gasteiger charge is -2.46. The number of likely N-dealkylation sites (N-methyl/N-ethyl adjacent to an activating group) is 1. The number of ether oxygens (including phenoxy) is 3. The molecular formula is C34H57N3O13S. The molecule has 2 saturated heterocycles. The van der Waals surface area contributed by atoms with Gasteiger partial charge < -0.3 is 45.1 Å². The molecule has 51 heavy (non-hydrogen) atoms. The second kappa shape index (κ2) is 16.8. The summed E-state index contributed by atoms with van der Waals surface area (Å²) < 4.78 is 46.2. The van der Waals surface area contributed by atoms with E-state index >= 15 is 0 Å². The molecular weight excluding hydrogens is 690 g/mol. The maximum atomic E-state index is 13.7. The number of hydrogen-bond acceptors (Lipinski definition) is 14. The molecule has 292 valence electrons. The van der Waals surface area contributed by atoms with E-state index in [4.69, 9.17) is 14.2 Å². The van der Waals surface area contributed by atoms with Gasteiger partial charge in [-0.1, -0.05) is 32.9 Å². The Labute approximate surface area is 300 Å². The van der Waals surface area contributed by atoms with Crippen LogP contribution in [-0.4, -0.2) is 129 Å². The van der Waals surface area contributed by atoms with Gasteiger partial charge in [0.2, 0.25) is 10.0 Å². The molecule has 17 heteroatoms. The molecule has 0 amide bonds. The van der Waals surface area contributed by atoms with Crippen molar-refractivity contribution < 1.29 is 57.9 Å². The molecule has 2 heterocycles. The van der Waals surface area contributed by atoms with Crippen LogP contribution in [-0.2, 0) is 29.0 Å². The molecule has 16 nitrogen and oxygen atoms in total.